The number of thioether (sulfide) groups is 1. The van der Waals surface area contributed by atoms with Crippen LogP contribution in [-0.4, -0.2) is 42.4 Å². The molecule has 0 aromatic carbocycles. The minimum absolute atomic E-state index is 0.0496. The minimum atomic E-state index is -0.175. The second-order valence-corrected chi connectivity index (χ2v) is 6.42. The first-order valence-corrected chi connectivity index (χ1v) is 7.92. The van der Waals surface area contributed by atoms with Crippen LogP contribution >= 0.6 is 11.8 Å². The molecule has 2 saturated heterocycles. The van der Waals surface area contributed by atoms with E-state index in [4.69, 9.17) is 5.73 Å². The maximum Gasteiger partial charge on any atom is 0.315 e. The third kappa shape index (κ3) is 3.46. The van der Waals surface area contributed by atoms with Crippen molar-refractivity contribution in [2.45, 2.75) is 37.8 Å². The molecule has 20 heavy (non-hydrogen) atoms. The molecule has 2 fully saturated rings. The van der Waals surface area contributed by atoms with Crippen molar-refractivity contribution in [2.24, 2.45) is 5.73 Å². The van der Waals surface area contributed by atoms with Gasteiger partial charge in [-0.25, -0.2) is 4.79 Å². The van der Waals surface area contributed by atoms with E-state index in [0.717, 1.165) is 18.6 Å². The normalized spacial score (nSPS) is 30.0. The summed E-state index contributed by atoms with van der Waals surface area (Å²) in [6.45, 7) is 3.07. The van der Waals surface area contributed by atoms with E-state index >= 15 is 0 Å². The fourth-order valence-corrected chi connectivity index (χ4v) is 3.89. The summed E-state index contributed by atoms with van der Waals surface area (Å²) in [7, 11) is 0. The number of urea groups is 1. The van der Waals surface area contributed by atoms with Gasteiger partial charge >= 0.3 is 6.03 Å². The Balaban J connectivity index is 1.76. The molecule has 2 rings (SSSR count). The van der Waals surface area contributed by atoms with E-state index in [-0.39, 0.29) is 23.5 Å². The summed E-state index contributed by atoms with van der Waals surface area (Å²) >= 11 is 1.77. The molecule has 3 amide bonds. The molecule has 5 N–H and O–H groups in total. The Morgan fingerprint density at radius 3 is 3.20 bits per heavy atom. The highest BCUT2D eigenvalue weighted by atomic mass is 32.2. The molecule has 112 valence electrons. The van der Waals surface area contributed by atoms with Crippen molar-refractivity contribution in [1.82, 2.24) is 16.0 Å². The van der Waals surface area contributed by atoms with Gasteiger partial charge < -0.3 is 21.7 Å². The predicted molar refractivity (Wildman–Crippen MR) is 80.3 cm³/mol. The molecule has 0 aliphatic carbocycles. The molecule has 2 heterocycles. The lowest BCUT2D eigenvalue weighted by Crippen LogP contribution is -2.45. The van der Waals surface area contributed by atoms with Crippen molar-refractivity contribution in [3.8, 4) is 0 Å². The van der Waals surface area contributed by atoms with Gasteiger partial charge in [0, 0.05) is 30.2 Å². The van der Waals surface area contributed by atoms with Gasteiger partial charge in [0.25, 0.3) is 0 Å². The quantitative estimate of drug-likeness (QED) is 0.419. The highest BCUT2D eigenvalue weighted by Crippen LogP contribution is 2.40. The van der Waals surface area contributed by atoms with Crippen LogP contribution in [0.4, 0.5) is 4.79 Å². The average molecular weight is 298 g/mol. The summed E-state index contributed by atoms with van der Waals surface area (Å²) in [5, 5.41) is 8.67. The van der Waals surface area contributed by atoms with Gasteiger partial charge in [0.1, 0.15) is 0 Å². The van der Waals surface area contributed by atoms with Crippen LogP contribution in [0.5, 0.6) is 0 Å². The number of hydrogen-bond donors (Lipinski definition) is 4. The minimum Gasteiger partial charge on any atom is -0.355 e. The summed E-state index contributed by atoms with van der Waals surface area (Å²) < 4.78 is 0. The Hall–Kier alpha value is -1.21. The first-order chi connectivity index (χ1) is 9.55. The third-order valence-corrected chi connectivity index (χ3v) is 5.03. The number of hydrogen-bond acceptors (Lipinski definition) is 4. The van der Waals surface area contributed by atoms with Crippen molar-refractivity contribution in [2.75, 3.05) is 18.8 Å². The number of rotatable bonds is 6. The molecule has 0 aromatic heterocycles. The number of amides is 3. The van der Waals surface area contributed by atoms with Crippen molar-refractivity contribution in [3.05, 3.63) is 11.0 Å². The Morgan fingerprint density at radius 1 is 1.65 bits per heavy atom. The molecule has 2 atom stereocenters. The number of unbranched alkanes of at least 4 members (excludes halogenated alkanes) is 1. The molecule has 0 spiro atoms. The van der Waals surface area contributed by atoms with Gasteiger partial charge in [0.2, 0.25) is 5.91 Å². The van der Waals surface area contributed by atoms with E-state index in [1.807, 2.05) is 0 Å². The number of carbonyl (C=O) groups is 2. The highest BCUT2D eigenvalue weighted by Gasteiger charge is 2.49. The van der Waals surface area contributed by atoms with Crippen LogP contribution in [0.3, 0.4) is 0 Å². The SMILES string of the molecule is C[C@@]12CS/C(=C/CCCC(=O)NCCN)[C@@H]1NC(=O)N2. The van der Waals surface area contributed by atoms with Gasteiger partial charge in [0.05, 0.1) is 11.6 Å². The van der Waals surface area contributed by atoms with Crippen LogP contribution < -0.4 is 21.7 Å². The third-order valence-electron chi connectivity index (χ3n) is 3.55. The lowest BCUT2D eigenvalue weighted by molar-refractivity contribution is -0.121. The first kappa shape index (κ1) is 15.2. The van der Waals surface area contributed by atoms with Crippen LogP contribution in [0.2, 0.25) is 0 Å². The summed E-state index contributed by atoms with van der Waals surface area (Å²) in [5.41, 5.74) is 5.15. The number of fused-ring (bicyclic) bond motifs is 1. The van der Waals surface area contributed by atoms with Gasteiger partial charge in [-0.2, -0.15) is 0 Å². The standard InChI is InChI=1S/C13H22N4O2S/c1-13-8-20-9(11(13)16-12(19)17-13)4-2-3-5-10(18)15-7-6-14/h4,11H,2-3,5-8,14H2,1H3,(H,15,18)(H2,16,17,19)/b9-4+/t11-,13+/m0/s1. The summed E-state index contributed by atoms with van der Waals surface area (Å²) in [6.07, 6.45) is 4.32. The van der Waals surface area contributed by atoms with E-state index in [1.165, 1.54) is 4.91 Å². The van der Waals surface area contributed by atoms with Gasteiger partial charge in [-0.3, -0.25) is 4.79 Å². The van der Waals surface area contributed by atoms with Gasteiger partial charge in [0.15, 0.2) is 0 Å². The number of allylic oxidation sites excluding steroid dienone is 1. The monoisotopic (exact) mass is 298 g/mol. The number of nitrogens with one attached hydrogen (secondary N) is 3. The lowest BCUT2D eigenvalue weighted by atomic mass is 9.96. The summed E-state index contributed by atoms with van der Waals surface area (Å²) in [6, 6.07) is -0.0177. The van der Waals surface area contributed by atoms with Gasteiger partial charge in [-0.05, 0) is 19.8 Å². The molecule has 6 nitrogen and oxygen atoms in total. The van der Waals surface area contributed by atoms with Gasteiger partial charge in [-0.15, -0.1) is 11.8 Å². The molecule has 0 saturated carbocycles. The number of carbonyl (C=O) groups excluding carboxylic acids is 2. The fraction of sp³-hybridized carbons (Fsp3) is 0.692. The second-order valence-electron chi connectivity index (χ2n) is 5.37. The second kappa shape index (κ2) is 6.49. The number of nitrogens with two attached hydrogens (primary N) is 1. The Morgan fingerprint density at radius 2 is 2.45 bits per heavy atom. The van der Waals surface area contributed by atoms with Crippen molar-refractivity contribution in [3.63, 3.8) is 0 Å². The van der Waals surface area contributed by atoms with Gasteiger partial charge in [-0.1, -0.05) is 6.08 Å². The predicted octanol–water partition coefficient (Wildman–Crippen LogP) is 0.302. The zero-order valence-corrected chi connectivity index (χ0v) is 12.5. The average Bonchev–Trinajstić information content (AvgIpc) is 2.85. The first-order valence-electron chi connectivity index (χ1n) is 6.93. The highest BCUT2D eigenvalue weighted by molar-refractivity contribution is 8.03. The molecule has 0 bridgehead atoms. The smallest absolute Gasteiger partial charge is 0.315 e. The zero-order chi connectivity index (χ0) is 14.6. The van der Waals surface area contributed by atoms with E-state index in [0.29, 0.717) is 19.5 Å². The van der Waals surface area contributed by atoms with Crippen molar-refractivity contribution >= 4 is 23.7 Å². The van der Waals surface area contributed by atoms with Crippen LogP contribution in [0.15, 0.2) is 11.0 Å². The molecule has 7 heteroatoms. The molecule has 0 unspecified atom stereocenters. The zero-order valence-electron chi connectivity index (χ0n) is 11.7. The maximum absolute atomic E-state index is 11.4. The molecular formula is C13H22N4O2S. The Labute approximate surface area is 123 Å². The molecular weight excluding hydrogens is 276 g/mol. The van der Waals surface area contributed by atoms with Crippen LogP contribution in [0.25, 0.3) is 0 Å². The Bertz CT molecular complexity index is 427. The summed E-state index contributed by atoms with van der Waals surface area (Å²) in [4.78, 5) is 24.0. The van der Waals surface area contributed by atoms with E-state index in [1.54, 1.807) is 11.8 Å². The van der Waals surface area contributed by atoms with E-state index < -0.39 is 0 Å². The van der Waals surface area contributed by atoms with Crippen LogP contribution in [-0.2, 0) is 4.79 Å². The molecule has 2 aliphatic rings. The molecule has 0 aromatic rings. The Kier molecular flexibility index (Phi) is 4.93. The lowest BCUT2D eigenvalue weighted by Gasteiger charge is -2.20. The van der Waals surface area contributed by atoms with Crippen LogP contribution in [0, 0.1) is 0 Å². The topological polar surface area (TPSA) is 96.2 Å². The largest absolute Gasteiger partial charge is 0.355 e. The van der Waals surface area contributed by atoms with E-state index in [2.05, 4.69) is 29.0 Å². The molecule has 2 aliphatic heterocycles. The van der Waals surface area contributed by atoms with Crippen LogP contribution in [0.1, 0.15) is 26.2 Å². The summed E-state index contributed by atoms with van der Waals surface area (Å²) in [5.74, 6) is 0.938. The van der Waals surface area contributed by atoms with Crippen molar-refractivity contribution in [1.29, 1.82) is 0 Å². The maximum atomic E-state index is 11.4. The van der Waals surface area contributed by atoms with E-state index in [9.17, 15) is 9.59 Å². The molecule has 0 radical (unpaired) electrons. The fourth-order valence-electron chi connectivity index (χ4n) is 2.46. The van der Waals surface area contributed by atoms with Crippen molar-refractivity contribution < 1.29 is 9.59 Å².